The summed E-state index contributed by atoms with van der Waals surface area (Å²) in [6.07, 6.45) is 3.97. The Bertz CT molecular complexity index is 767. The first kappa shape index (κ1) is 15.7. The molecule has 0 radical (unpaired) electrons. The van der Waals surface area contributed by atoms with Crippen molar-refractivity contribution in [1.82, 2.24) is 24.3 Å². The van der Waals surface area contributed by atoms with Gasteiger partial charge in [-0.1, -0.05) is 12.1 Å². The average molecular weight is 341 g/mol. The Balaban J connectivity index is 1.32. The fourth-order valence-corrected chi connectivity index (χ4v) is 4.27. The van der Waals surface area contributed by atoms with Crippen molar-refractivity contribution >= 4 is 21.6 Å². The maximum Gasteiger partial charge on any atom is 0.122 e. The van der Waals surface area contributed by atoms with Crippen molar-refractivity contribution in [3.8, 4) is 0 Å². The van der Waals surface area contributed by atoms with Gasteiger partial charge in [0.05, 0.1) is 23.3 Å². The summed E-state index contributed by atoms with van der Waals surface area (Å²) in [5, 5.41) is 1.23. The van der Waals surface area contributed by atoms with Crippen molar-refractivity contribution < 1.29 is 0 Å². The summed E-state index contributed by atoms with van der Waals surface area (Å²) >= 11 is 1.82. The Hall–Kier alpha value is -1.76. The number of para-hydroxylation sites is 1. The van der Waals surface area contributed by atoms with Gasteiger partial charge >= 0.3 is 0 Å². The molecule has 2 aromatic heterocycles. The van der Waals surface area contributed by atoms with Gasteiger partial charge in [-0.15, -0.1) is 11.3 Å². The van der Waals surface area contributed by atoms with Gasteiger partial charge in [-0.25, -0.2) is 9.97 Å². The molecule has 0 bridgehead atoms. The van der Waals surface area contributed by atoms with Gasteiger partial charge in [0.25, 0.3) is 0 Å². The summed E-state index contributed by atoms with van der Waals surface area (Å²) in [6, 6.07) is 8.40. The summed E-state index contributed by atoms with van der Waals surface area (Å²) < 4.78 is 3.52. The third kappa shape index (κ3) is 3.36. The minimum absolute atomic E-state index is 0.954. The molecule has 0 amide bonds. The van der Waals surface area contributed by atoms with E-state index in [-0.39, 0.29) is 0 Å². The molecule has 6 heteroatoms. The molecular weight excluding hydrogens is 318 g/mol. The number of aryl methyl sites for hydroxylation is 1. The number of nitrogens with zero attached hydrogens (tertiary/aromatic N) is 5. The number of rotatable bonds is 5. The summed E-state index contributed by atoms with van der Waals surface area (Å²) in [4.78, 5) is 14.3. The number of imidazole rings is 1. The van der Waals surface area contributed by atoms with Gasteiger partial charge in [-0.05, 0) is 19.1 Å². The monoisotopic (exact) mass is 341 g/mol. The van der Waals surface area contributed by atoms with Gasteiger partial charge < -0.3 is 4.57 Å². The van der Waals surface area contributed by atoms with Gasteiger partial charge in [-0.3, -0.25) is 9.80 Å². The molecule has 3 heterocycles. The molecule has 0 atom stereocenters. The minimum Gasteiger partial charge on any atom is -0.334 e. The van der Waals surface area contributed by atoms with E-state index >= 15 is 0 Å². The number of thiazole rings is 1. The third-order valence-electron chi connectivity index (χ3n) is 4.67. The van der Waals surface area contributed by atoms with E-state index in [4.69, 9.17) is 4.98 Å². The van der Waals surface area contributed by atoms with Crippen LogP contribution in [0.25, 0.3) is 10.2 Å². The molecule has 24 heavy (non-hydrogen) atoms. The van der Waals surface area contributed by atoms with E-state index in [1.54, 1.807) is 0 Å². The molecule has 1 fully saturated rings. The number of aromatic nitrogens is 3. The molecule has 3 aromatic rings. The van der Waals surface area contributed by atoms with Crippen LogP contribution in [0.15, 0.2) is 36.7 Å². The van der Waals surface area contributed by atoms with E-state index in [1.807, 2.05) is 17.5 Å². The predicted octanol–water partition coefficient (Wildman–Crippen LogP) is 2.83. The molecule has 1 aliphatic rings. The van der Waals surface area contributed by atoms with Gasteiger partial charge in [0.1, 0.15) is 10.8 Å². The molecular formula is C18H23N5S. The molecule has 0 unspecified atom stereocenters. The second kappa shape index (κ2) is 7.01. The van der Waals surface area contributed by atoms with E-state index < -0.39 is 0 Å². The first-order chi connectivity index (χ1) is 11.8. The van der Waals surface area contributed by atoms with Gasteiger partial charge in [0.15, 0.2) is 0 Å². The number of hydrogen-bond acceptors (Lipinski definition) is 5. The lowest BCUT2D eigenvalue weighted by molar-refractivity contribution is 0.119. The highest BCUT2D eigenvalue weighted by molar-refractivity contribution is 7.18. The van der Waals surface area contributed by atoms with Crippen LogP contribution in [0, 0.1) is 0 Å². The highest BCUT2D eigenvalue weighted by Gasteiger charge is 2.19. The second-order valence-electron chi connectivity index (χ2n) is 6.26. The summed E-state index contributed by atoms with van der Waals surface area (Å²) in [5.74, 6) is 1.18. The van der Waals surface area contributed by atoms with Gasteiger partial charge in [0.2, 0.25) is 0 Å². The van der Waals surface area contributed by atoms with Crippen LogP contribution in [0.3, 0.4) is 0 Å². The topological polar surface area (TPSA) is 37.2 Å². The smallest absolute Gasteiger partial charge is 0.122 e. The van der Waals surface area contributed by atoms with Crippen LogP contribution in [-0.2, 0) is 19.6 Å². The molecule has 1 aliphatic heterocycles. The van der Waals surface area contributed by atoms with E-state index in [0.29, 0.717) is 0 Å². The second-order valence-corrected chi connectivity index (χ2v) is 7.37. The Labute approximate surface area is 146 Å². The maximum atomic E-state index is 4.76. The quantitative estimate of drug-likeness (QED) is 0.715. The van der Waals surface area contributed by atoms with Crippen LogP contribution in [0.2, 0.25) is 0 Å². The Morgan fingerprint density at radius 1 is 1.04 bits per heavy atom. The Morgan fingerprint density at radius 2 is 1.79 bits per heavy atom. The predicted molar refractivity (Wildman–Crippen MR) is 98.1 cm³/mol. The lowest BCUT2D eigenvalue weighted by atomic mass is 10.3. The first-order valence-corrected chi connectivity index (χ1v) is 9.42. The highest BCUT2D eigenvalue weighted by Crippen LogP contribution is 2.23. The van der Waals surface area contributed by atoms with E-state index in [9.17, 15) is 0 Å². The van der Waals surface area contributed by atoms with Gasteiger partial charge in [0, 0.05) is 45.1 Å². The lowest BCUT2D eigenvalue weighted by Crippen LogP contribution is -2.45. The number of hydrogen-bond donors (Lipinski definition) is 0. The van der Waals surface area contributed by atoms with Crippen LogP contribution < -0.4 is 0 Å². The first-order valence-electron chi connectivity index (χ1n) is 8.61. The van der Waals surface area contributed by atoms with E-state index in [1.165, 1.54) is 15.5 Å². The van der Waals surface area contributed by atoms with Crippen molar-refractivity contribution in [2.75, 3.05) is 26.2 Å². The normalized spacial score (nSPS) is 16.9. The van der Waals surface area contributed by atoms with Gasteiger partial charge in [-0.2, -0.15) is 0 Å². The number of benzene rings is 1. The minimum atomic E-state index is 0.954. The van der Waals surface area contributed by atoms with E-state index in [0.717, 1.165) is 51.3 Å². The van der Waals surface area contributed by atoms with Crippen LogP contribution >= 0.6 is 11.3 Å². The molecule has 0 aliphatic carbocycles. The van der Waals surface area contributed by atoms with E-state index in [2.05, 4.69) is 56.7 Å². The zero-order valence-corrected chi connectivity index (χ0v) is 14.9. The molecule has 126 valence electrons. The summed E-state index contributed by atoms with van der Waals surface area (Å²) in [6.45, 7) is 9.48. The molecule has 5 nitrogen and oxygen atoms in total. The van der Waals surface area contributed by atoms with Crippen LogP contribution in [-0.4, -0.2) is 50.5 Å². The zero-order valence-electron chi connectivity index (χ0n) is 14.1. The zero-order chi connectivity index (χ0) is 16.4. The van der Waals surface area contributed by atoms with Crippen molar-refractivity contribution in [2.45, 2.75) is 26.6 Å². The van der Waals surface area contributed by atoms with Crippen molar-refractivity contribution in [2.24, 2.45) is 0 Å². The largest absolute Gasteiger partial charge is 0.334 e. The highest BCUT2D eigenvalue weighted by atomic mass is 32.1. The van der Waals surface area contributed by atoms with Crippen molar-refractivity contribution in [3.63, 3.8) is 0 Å². The fourth-order valence-electron chi connectivity index (χ4n) is 3.26. The molecule has 0 saturated carbocycles. The van der Waals surface area contributed by atoms with Crippen molar-refractivity contribution in [1.29, 1.82) is 0 Å². The standard InChI is InChI=1S/C18H23N5S/c1-2-23-8-7-19-17(23)13-21-9-11-22(12-10-21)14-18-20-15-5-3-4-6-16(15)24-18/h3-8H,2,9-14H2,1H3. The molecule has 4 rings (SSSR count). The molecule has 1 aromatic carbocycles. The molecule has 0 spiro atoms. The lowest BCUT2D eigenvalue weighted by Gasteiger charge is -2.34. The maximum absolute atomic E-state index is 4.76. The third-order valence-corrected chi connectivity index (χ3v) is 5.69. The Morgan fingerprint density at radius 3 is 2.54 bits per heavy atom. The molecule has 1 saturated heterocycles. The molecule has 0 N–H and O–H groups in total. The van der Waals surface area contributed by atoms with Crippen molar-refractivity contribution in [3.05, 3.63) is 47.5 Å². The van der Waals surface area contributed by atoms with Crippen LogP contribution in [0.5, 0.6) is 0 Å². The fraction of sp³-hybridized carbons (Fsp3) is 0.444. The summed E-state index contributed by atoms with van der Waals surface area (Å²) in [5.41, 5.74) is 1.13. The number of piperazine rings is 1. The average Bonchev–Trinajstić information content (AvgIpc) is 3.22. The number of fused-ring (bicyclic) bond motifs is 1. The van der Waals surface area contributed by atoms with Crippen LogP contribution in [0.4, 0.5) is 0 Å². The summed E-state index contributed by atoms with van der Waals surface area (Å²) in [7, 11) is 0. The Kier molecular flexibility index (Phi) is 4.60. The SMILES string of the molecule is CCn1ccnc1CN1CCN(Cc2nc3ccccc3s2)CC1. The van der Waals surface area contributed by atoms with Crippen LogP contribution in [0.1, 0.15) is 17.8 Å².